The molecule has 1 saturated carbocycles. The lowest BCUT2D eigenvalue weighted by Crippen LogP contribution is -2.39. The van der Waals surface area contributed by atoms with Crippen LogP contribution in [0.3, 0.4) is 0 Å². The molecule has 8 heteroatoms. The number of amides is 1. The number of aryl methyl sites for hydroxylation is 2. The van der Waals surface area contributed by atoms with Gasteiger partial charge in [-0.2, -0.15) is 0 Å². The number of benzene rings is 1. The lowest BCUT2D eigenvalue weighted by Gasteiger charge is -2.20. The van der Waals surface area contributed by atoms with Crippen LogP contribution >= 0.6 is 0 Å². The fourth-order valence-electron chi connectivity index (χ4n) is 4.65. The summed E-state index contributed by atoms with van der Waals surface area (Å²) >= 11 is 0. The largest absolute Gasteiger partial charge is 0.480 e. The second-order valence-corrected chi connectivity index (χ2v) is 9.91. The number of hydrogen-bond acceptors (Lipinski definition) is 6. The standard InChI is InChI=1S/C29H38N4O4/c1-20(37-19-21-8-3-2-4-9-21)32-26(29(35)36)15-17-30-27(34)12-6-5-11-25-24(22-13-14-22)18-23-10-7-16-31-28(23)33-25/h2-4,8-9,18,22,26,32H,1,5-7,10-17,19H2,(H,30,34)(H,31,33)(H,35,36). The summed E-state index contributed by atoms with van der Waals surface area (Å²) in [7, 11) is 0. The Hall–Kier alpha value is -3.55. The number of rotatable bonds is 15. The van der Waals surface area contributed by atoms with Crippen LogP contribution in [0.2, 0.25) is 0 Å². The third-order valence-electron chi connectivity index (χ3n) is 6.86. The number of fused-ring (bicyclic) bond motifs is 1. The zero-order chi connectivity index (χ0) is 26.0. The smallest absolute Gasteiger partial charge is 0.326 e. The van der Waals surface area contributed by atoms with Crippen molar-refractivity contribution in [2.45, 2.75) is 76.4 Å². The van der Waals surface area contributed by atoms with Crippen molar-refractivity contribution in [1.82, 2.24) is 15.6 Å². The summed E-state index contributed by atoms with van der Waals surface area (Å²) in [6, 6.07) is 11.0. The van der Waals surface area contributed by atoms with E-state index in [1.165, 1.54) is 29.7 Å². The Bertz CT molecular complexity index is 1080. The number of carboxylic acids is 1. The van der Waals surface area contributed by atoms with Gasteiger partial charge >= 0.3 is 5.97 Å². The van der Waals surface area contributed by atoms with Gasteiger partial charge in [0.05, 0.1) is 0 Å². The van der Waals surface area contributed by atoms with E-state index >= 15 is 0 Å². The number of unbranched alkanes of at least 4 members (excludes halogenated alkanes) is 1. The molecular formula is C29H38N4O4. The van der Waals surface area contributed by atoms with Gasteiger partial charge in [-0.05, 0) is 80.6 Å². The molecular weight excluding hydrogens is 468 g/mol. The van der Waals surface area contributed by atoms with Crippen LogP contribution in [0.25, 0.3) is 0 Å². The average Bonchev–Trinajstić information content (AvgIpc) is 3.75. The number of hydrogen-bond donors (Lipinski definition) is 4. The van der Waals surface area contributed by atoms with E-state index in [9.17, 15) is 14.7 Å². The third kappa shape index (κ3) is 8.23. The van der Waals surface area contributed by atoms with Crippen molar-refractivity contribution in [3.63, 3.8) is 0 Å². The van der Waals surface area contributed by atoms with Crippen molar-refractivity contribution in [3.8, 4) is 0 Å². The SMILES string of the molecule is C=C(NC(CCNC(=O)CCCCc1nc2c(cc1C1CC1)CCCN2)C(=O)O)OCc1ccccc1. The maximum atomic E-state index is 12.3. The van der Waals surface area contributed by atoms with E-state index in [0.717, 1.165) is 50.0 Å². The van der Waals surface area contributed by atoms with Crippen LogP contribution in [0.15, 0.2) is 48.9 Å². The lowest BCUT2D eigenvalue weighted by molar-refractivity contribution is -0.140. The minimum absolute atomic E-state index is 0.0641. The Morgan fingerprint density at radius 3 is 2.78 bits per heavy atom. The number of aliphatic carboxylic acids is 1. The zero-order valence-corrected chi connectivity index (χ0v) is 21.4. The summed E-state index contributed by atoms with van der Waals surface area (Å²) in [5.41, 5.74) is 4.90. The lowest BCUT2D eigenvalue weighted by atomic mass is 9.98. The summed E-state index contributed by atoms with van der Waals surface area (Å²) in [6.45, 7) is 5.31. The van der Waals surface area contributed by atoms with Crippen LogP contribution in [0.4, 0.5) is 5.82 Å². The van der Waals surface area contributed by atoms with E-state index in [4.69, 9.17) is 9.72 Å². The highest BCUT2D eigenvalue weighted by molar-refractivity contribution is 5.76. The minimum atomic E-state index is -1.02. The molecule has 0 spiro atoms. The molecule has 4 N–H and O–H groups in total. The topological polar surface area (TPSA) is 113 Å². The monoisotopic (exact) mass is 506 g/mol. The Morgan fingerprint density at radius 1 is 1.22 bits per heavy atom. The fraction of sp³-hybridized carbons (Fsp3) is 0.483. The van der Waals surface area contributed by atoms with Crippen molar-refractivity contribution in [2.24, 2.45) is 0 Å². The molecule has 4 rings (SSSR count). The first-order chi connectivity index (χ1) is 18.0. The molecule has 0 radical (unpaired) electrons. The third-order valence-corrected chi connectivity index (χ3v) is 6.86. The Kier molecular flexibility index (Phi) is 9.40. The molecule has 1 aromatic heterocycles. The van der Waals surface area contributed by atoms with Crippen molar-refractivity contribution in [2.75, 3.05) is 18.4 Å². The number of nitrogens with zero attached hydrogens (tertiary/aromatic N) is 1. The van der Waals surface area contributed by atoms with Crippen molar-refractivity contribution >= 4 is 17.7 Å². The van der Waals surface area contributed by atoms with Crippen LogP contribution in [-0.4, -0.2) is 41.1 Å². The van der Waals surface area contributed by atoms with E-state index in [0.29, 0.717) is 18.9 Å². The molecule has 2 aromatic rings. The number of nitrogens with one attached hydrogen (secondary N) is 3. The fourth-order valence-corrected chi connectivity index (χ4v) is 4.65. The van der Waals surface area contributed by atoms with Gasteiger partial charge in [-0.25, -0.2) is 9.78 Å². The molecule has 2 heterocycles. The number of pyridine rings is 1. The van der Waals surface area contributed by atoms with Gasteiger partial charge < -0.3 is 25.8 Å². The minimum Gasteiger partial charge on any atom is -0.480 e. The molecule has 198 valence electrons. The highest BCUT2D eigenvalue weighted by Gasteiger charge is 2.28. The van der Waals surface area contributed by atoms with E-state index in [-0.39, 0.29) is 24.8 Å². The Balaban J connectivity index is 1.14. The van der Waals surface area contributed by atoms with Crippen LogP contribution in [0, 0.1) is 0 Å². The molecule has 1 aliphatic carbocycles. The quantitative estimate of drug-likeness (QED) is 0.211. The molecule has 1 aliphatic heterocycles. The number of carbonyl (C=O) groups excluding carboxylic acids is 1. The van der Waals surface area contributed by atoms with Gasteiger partial charge in [0.1, 0.15) is 18.5 Å². The first-order valence-electron chi connectivity index (χ1n) is 13.4. The van der Waals surface area contributed by atoms with Crippen LogP contribution in [0.5, 0.6) is 0 Å². The maximum absolute atomic E-state index is 12.3. The molecule has 8 nitrogen and oxygen atoms in total. The van der Waals surface area contributed by atoms with E-state index in [1.54, 1.807) is 0 Å². The first kappa shape index (κ1) is 26.5. The zero-order valence-electron chi connectivity index (χ0n) is 21.4. The van der Waals surface area contributed by atoms with Gasteiger partial charge in [-0.3, -0.25) is 4.79 Å². The summed E-state index contributed by atoms with van der Waals surface area (Å²) in [5, 5.41) is 18.6. The summed E-state index contributed by atoms with van der Waals surface area (Å²) in [5.74, 6) is 0.814. The van der Waals surface area contributed by atoms with Gasteiger partial charge in [-0.1, -0.05) is 36.4 Å². The van der Waals surface area contributed by atoms with Crippen molar-refractivity contribution < 1.29 is 19.4 Å². The van der Waals surface area contributed by atoms with Gasteiger partial charge in [0.25, 0.3) is 0 Å². The normalized spacial score (nSPS) is 15.1. The predicted molar refractivity (Wildman–Crippen MR) is 143 cm³/mol. The first-order valence-corrected chi connectivity index (χ1v) is 13.4. The van der Waals surface area contributed by atoms with E-state index < -0.39 is 12.0 Å². The molecule has 2 aliphatic rings. The Labute approximate surface area is 218 Å². The molecule has 1 amide bonds. The van der Waals surface area contributed by atoms with Gasteiger partial charge in [0.2, 0.25) is 5.91 Å². The van der Waals surface area contributed by atoms with Crippen LogP contribution < -0.4 is 16.0 Å². The molecule has 37 heavy (non-hydrogen) atoms. The highest BCUT2D eigenvalue weighted by Crippen LogP contribution is 2.43. The van der Waals surface area contributed by atoms with Gasteiger partial charge in [0, 0.05) is 25.2 Å². The molecule has 0 saturated heterocycles. The maximum Gasteiger partial charge on any atom is 0.326 e. The number of aromatic nitrogens is 1. The van der Waals surface area contributed by atoms with Crippen LogP contribution in [0.1, 0.15) is 73.2 Å². The number of ether oxygens (including phenoxy) is 1. The molecule has 1 aromatic carbocycles. The van der Waals surface area contributed by atoms with E-state index in [2.05, 4.69) is 28.6 Å². The second-order valence-electron chi connectivity index (χ2n) is 9.91. The molecule has 0 bridgehead atoms. The van der Waals surface area contributed by atoms with E-state index in [1.807, 2.05) is 30.3 Å². The van der Waals surface area contributed by atoms with Crippen molar-refractivity contribution in [3.05, 3.63) is 71.2 Å². The number of anilines is 1. The van der Waals surface area contributed by atoms with Gasteiger partial charge in [-0.15, -0.1) is 0 Å². The molecule has 1 atom stereocenters. The summed E-state index contributed by atoms with van der Waals surface area (Å²) < 4.78 is 5.53. The molecule has 1 unspecified atom stereocenters. The highest BCUT2D eigenvalue weighted by atomic mass is 16.5. The number of carboxylic acid groups (broad SMARTS) is 1. The predicted octanol–water partition coefficient (Wildman–Crippen LogP) is 4.27. The van der Waals surface area contributed by atoms with Crippen LogP contribution in [-0.2, 0) is 33.8 Å². The average molecular weight is 507 g/mol. The second kappa shape index (κ2) is 13.1. The Morgan fingerprint density at radius 2 is 2.03 bits per heavy atom. The summed E-state index contributed by atoms with van der Waals surface area (Å²) in [4.78, 5) is 28.9. The van der Waals surface area contributed by atoms with Gasteiger partial charge in [0.15, 0.2) is 5.88 Å². The van der Waals surface area contributed by atoms with Crippen molar-refractivity contribution in [1.29, 1.82) is 0 Å². The number of carbonyl (C=O) groups is 2. The molecule has 1 fully saturated rings. The summed E-state index contributed by atoms with van der Waals surface area (Å²) in [6.07, 6.45) is 7.96.